The van der Waals surface area contributed by atoms with Gasteiger partial charge in [-0.2, -0.15) is 0 Å². The van der Waals surface area contributed by atoms with Gasteiger partial charge in [0.05, 0.1) is 5.75 Å². The van der Waals surface area contributed by atoms with E-state index in [9.17, 15) is 8.42 Å². The number of hydrogen-bond acceptors (Lipinski definition) is 4. The Balaban J connectivity index is 2.51. The van der Waals surface area contributed by atoms with Crippen LogP contribution in [0, 0.1) is 0 Å². The van der Waals surface area contributed by atoms with Crippen LogP contribution in [0.5, 0.6) is 0 Å². The number of sulfone groups is 1. The first-order valence-electron chi connectivity index (χ1n) is 5.85. The number of rotatable bonds is 7. The lowest BCUT2D eigenvalue weighted by atomic mass is 10.1. The van der Waals surface area contributed by atoms with Crippen molar-refractivity contribution in [1.82, 2.24) is 9.55 Å². The number of hydrogen-bond donors (Lipinski definition) is 1. The van der Waals surface area contributed by atoms with Crippen LogP contribution in [0.1, 0.15) is 25.6 Å². The molecule has 1 atom stereocenters. The summed E-state index contributed by atoms with van der Waals surface area (Å²) in [6, 6.07) is 0.117. The van der Waals surface area contributed by atoms with Gasteiger partial charge in [-0.15, -0.1) is 0 Å². The standard InChI is InChI=1S/C11H21N3O2S/c1-3-10(12)9-11-13-5-7-14(11)6-4-8-17(2,15)16/h5,7,10H,3-4,6,8-9,12H2,1-2H3. The highest BCUT2D eigenvalue weighted by atomic mass is 32.2. The minimum absolute atomic E-state index is 0.117. The molecule has 5 nitrogen and oxygen atoms in total. The number of nitrogens with zero attached hydrogens (tertiary/aromatic N) is 2. The van der Waals surface area contributed by atoms with Gasteiger partial charge >= 0.3 is 0 Å². The van der Waals surface area contributed by atoms with Crippen LogP contribution in [0.4, 0.5) is 0 Å². The normalized spacial score (nSPS) is 13.8. The lowest BCUT2D eigenvalue weighted by Crippen LogP contribution is -2.23. The maximum Gasteiger partial charge on any atom is 0.147 e. The molecule has 0 saturated heterocycles. The van der Waals surface area contributed by atoms with Crippen molar-refractivity contribution in [2.24, 2.45) is 5.73 Å². The Bertz CT molecular complexity index is 439. The quantitative estimate of drug-likeness (QED) is 0.777. The topological polar surface area (TPSA) is 78.0 Å². The second kappa shape index (κ2) is 6.16. The minimum atomic E-state index is -2.88. The van der Waals surface area contributed by atoms with Gasteiger partial charge in [-0.3, -0.25) is 0 Å². The Kier molecular flexibility index (Phi) is 5.14. The summed E-state index contributed by atoms with van der Waals surface area (Å²) in [5.74, 6) is 1.15. The monoisotopic (exact) mass is 259 g/mol. The summed E-state index contributed by atoms with van der Waals surface area (Å²) in [4.78, 5) is 4.25. The average molecular weight is 259 g/mol. The Morgan fingerprint density at radius 2 is 2.24 bits per heavy atom. The van der Waals surface area contributed by atoms with Crippen molar-refractivity contribution in [3.63, 3.8) is 0 Å². The summed E-state index contributed by atoms with van der Waals surface area (Å²) < 4.78 is 24.0. The molecule has 17 heavy (non-hydrogen) atoms. The van der Waals surface area contributed by atoms with Gasteiger partial charge in [-0.1, -0.05) is 6.92 Å². The molecule has 0 bridgehead atoms. The lowest BCUT2D eigenvalue weighted by molar-refractivity contribution is 0.566. The summed E-state index contributed by atoms with van der Waals surface area (Å²) in [5.41, 5.74) is 5.88. The molecule has 0 saturated carbocycles. The zero-order chi connectivity index (χ0) is 12.9. The smallest absolute Gasteiger partial charge is 0.147 e. The number of nitrogens with two attached hydrogens (primary N) is 1. The minimum Gasteiger partial charge on any atom is -0.335 e. The predicted octanol–water partition coefficient (Wildman–Crippen LogP) is 0.598. The van der Waals surface area contributed by atoms with E-state index in [1.165, 1.54) is 6.26 Å². The van der Waals surface area contributed by atoms with Crippen LogP contribution in [-0.2, 0) is 22.8 Å². The third kappa shape index (κ3) is 5.32. The molecule has 1 aromatic heterocycles. The molecule has 1 unspecified atom stereocenters. The average Bonchev–Trinajstić information content (AvgIpc) is 2.64. The molecule has 0 aliphatic rings. The zero-order valence-electron chi connectivity index (χ0n) is 10.5. The zero-order valence-corrected chi connectivity index (χ0v) is 11.3. The second-order valence-corrected chi connectivity index (χ2v) is 6.65. The molecule has 1 rings (SSSR count). The first kappa shape index (κ1) is 14.2. The number of aryl methyl sites for hydroxylation is 1. The van der Waals surface area contributed by atoms with Gasteiger partial charge < -0.3 is 10.3 Å². The van der Waals surface area contributed by atoms with Gasteiger partial charge in [0.1, 0.15) is 15.7 Å². The highest BCUT2D eigenvalue weighted by Crippen LogP contribution is 2.04. The van der Waals surface area contributed by atoms with E-state index in [1.807, 2.05) is 17.7 Å². The van der Waals surface area contributed by atoms with Gasteiger partial charge in [0.2, 0.25) is 0 Å². The molecule has 2 N–H and O–H groups in total. The van der Waals surface area contributed by atoms with Crippen molar-refractivity contribution in [1.29, 1.82) is 0 Å². The van der Waals surface area contributed by atoms with E-state index in [2.05, 4.69) is 4.98 Å². The van der Waals surface area contributed by atoms with Crippen LogP contribution in [0.3, 0.4) is 0 Å². The van der Waals surface area contributed by atoms with Crippen molar-refractivity contribution in [3.8, 4) is 0 Å². The molecule has 98 valence electrons. The molecule has 0 fully saturated rings. The van der Waals surface area contributed by atoms with E-state index in [0.29, 0.717) is 13.0 Å². The van der Waals surface area contributed by atoms with Crippen LogP contribution >= 0.6 is 0 Å². The number of aromatic nitrogens is 2. The van der Waals surface area contributed by atoms with Crippen LogP contribution in [-0.4, -0.2) is 36.0 Å². The first-order valence-corrected chi connectivity index (χ1v) is 7.91. The van der Waals surface area contributed by atoms with E-state index >= 15 is 0 Å². The fraction of sp³-hybridized carbons (Fsp3) is 0.727. The largest absolute Gasteiger partial charge is 0.335 e. The van der Waals surface area contributed by atoms with E-state index in [1.54, 1.807) is 6.20 Å². The first-order chi connectivity index (χ1) is 7.92. The van der Waals surface area contributed by atoms with E-state index in [0.717, 1.165) is 18.7 Å². The van der Waals surface area contributed by atoms with E-state index < -0.39 is 9.84 Å². The molecule has 0 spiro atoms. The molecule has 6 heteroatoms. The summed E-state index contributed by atoms with van der Waals surface area (Å²) in [6.45, 7) is 2.72. The molecule has 0 aliphatic carbocycles. The SMILES string of the molecule is CCC(N)Cc1nccn1CCCS(C)(=O)=O. The summed E-state index contributed by atoms with van der Waals surface area (Å²) >= 11 is 0. The maximum absolute atomic E-state index is 11.0. The maximum atomic E-state index is 11.0. The third-order valence-electron chi connectivity index (χ3n) is 2.68. The van der Waals surface area contributed by atoms with Gasteiger partial charge in [0.25, 0.3) is 0 Å². The summed E-state index contributed by atoms with van der Waals surface area (Å²) in [7, 11) is -2.88. The third-order valence-corrected chi connectivity index (χ3v) is 3.72. The van der Waals surface area contributed by atoms with Crippen LogP contribution in [0.2, 0.25) is 0 Å². The van der Waals surface area contributed by atoms with Gasteiger partial charge in [-0.25, -0.2) is 13.4 Å². The van der Waals surface area contributed by atoms with E-state index in [4.69, 9.17) is 5.73 Å². The van der Waals surface area contributed by atoms with Crippen molar-refractivity contribution in [2.75, 3.05) is 12.0 Å². The Morgan fingerprint density at radius 1 is 1.53 bits per heavy atom. The molecule has 0 radical (unpaired) electrons. The summed E-state index contributed by atoms with van der Waals surface area (Å²) in [6.07, 6.45) is 7.13. The Morgan fingerprint density at radius 3 is 2.82 bits per heavy atom. The van der Waals surface area contributed by atoms with Crippen molar-refractivity contribution in [3.05, 3.63) is 18.2 Å². The van der Waals surface area contributed by atoms with Crippen molar-refractivity contribution >= 4 is 9.84 Å². The molecule has 0 amide bonds. The van der Waals surface area contributed by atoms with Crippen LogP contribution in [0.15, 0.2) is 12.4 Å². The Hall–Kier alpha value is -0.880. The molecule has 1 aromatic rings. The van der Waals surface area contributed by atoms with Crippen molar-refractivity contribution in [2.45, 2.75) is 38.8 Å². The molecule has 0 aromatic carbocycles. The lowest BCUT2D eigenvalue weighted by Gasteiger charge is -2.11. The van der Waals surface area contributed by atoms with Gasteiger partial charge in [0.15, 0.2) is 0 Å². The van der Waals surface area contributed by atoms with Crippen LogP contribution < -0.4 is 5.73 Å². The predicted molar refractivity (Wildman–Crippen MR) is 68.5 cm³/mol. The molecule has 0 aliphatic heterocycles. The van der Waals surface area contributed by atoms with Crippen LogP contribution in [0.25, 0.3) is 0 Å². The second-order valence-electron chi connectivity index (χ2n) is 4.39. The Labute approximate surface area is 103 Å². The number of imidazole rings is 1. The fourth-order valence-corrected chi connectivity index (χ4v) is 2.26. The van der Waals surface area contributed by atoms with Gasteiger partial charge in [-0.05, 0) is 12.8 Å². The molecular weight excluding hydrogens is 238 g/mol. The van der Waals surface area contributed by atoms with Crippen molar-refractivity contribution < 1.29 is 8.42 Å². The summed E-state index contributed by atoms with van der Waals surface area (Å²) in [5, 5.41) is 0. The fourth-order valence-electron chi connectivity index (χ4n) is 1.61. The molecule has 1 heterocycles. The molecular formula is C11H21N3O2S. The van der Waals surface area contributed by atoms with E-state index in [-0.39, 0.29) is 11.8 Å². The highest BCUT2D eigenvalue weighted by Gasteiger charge is 2.08. The highest BCUT2D eigenvalue weighted by molar-refractivity contribution is 7.90. The van der Waals surface area contributed by atoms with Gasteiger partial charge in [0, 0.05) is 37.7 Å².